The van der Waals surface area contributed by atoms with E-state index in [0.29, 0.717) is 48.8 Å². The lowest BCUT2D eigenvalue weighted by molar-refractivity contribution is -0.118. The second-order valence-electron chi connectivity index (χ2n) is 7.77. The highest BCUT2D eigenvalue weighted by Gasteiger charge is 2.36. The third-order valence-corrected chi connectivity index (χ3v) is 8.00. The molecule has 2 heterocycles. The Morgan fingerprint density at radius 1 is 1.18 bits per heavy atom. The molecular formula is C22H25N5O5S2. The van der Waals surface area contributed by atoms with Gasteiger partial charge in [-0.05, 0) is 31.4 Å². The molecule has 1 saturated carbocycles. The molecular weight excluding hydrogens is 478 g/mol. The SMILES string of the molecule is COCCC(C(=O)Nc1ccc(-c2cncc(OC)n2)cc1)c1csc(NS(=O)(=O)C2CC2)n1. The Morgan fingerprint density at radius 3 is 2.62 bits per heavy atom. The molecule has 0 aliphatic heterocycles. The molecule has 1 fully saturated rings. The molecule has 1 atom stereocenters. The van der Waals surface area contributed by atoms with E-state index >= 15 is 0 Å². The summed E-state index contributed by atoms with van der Waals surface area (Å²) < 4.78 is 37.2. The zero-order valence-electron chi connectivity index (χ0n) is 18.7. The first kappa shape index (κ1) is 24.0. The molecule has 34 heavy (non-hydrogen) atoms. The van der Waals surface area contributed by atoms with Crippen molar-refractivity contribution in [1.82, 2.24) is 15.0 Å². The maximum Gasteiger partial charge on any atom is 0.237 e. The number of carbonyl (C=O) groups is 1. The first-order valence-electron chi connectivity index (χ1n) is 10.6. The molecule has 0 spiro atoms. The van der Waals surface area contributed by atoms with Gasteiger partial charge in [-0.25, -0.2) is 18.4 Å². The number of ether oxygens (including phenoxy) is 2. The Balaban J connectivity index is 1.46. The van der Waals surface area contributed by atoms with Gasteiger partial charge >= 0.3 is 0 Å². The largest absolute Gasteiger partial charge is 0.480 e. The van der Waals surface area contributed by atoms with Crippen molar-refractivity contribution in [3.05, 3.63) is 47.7 Å². The Morgan fingerprint density at radius 2 is 1.94 bits per heavy atom. The highest BCUT2D eigenvalue weighted by atomic mass is 32.2. The Labute approximate surface area is 201 Å². The number of carbonyl (C=O) groups excluding carboxylic acids is 1. The quantitative estimate of drug-likeness (QED) is 0.407. The molecule has 2 aromatic heterocycles. The molecule has 12 heteroatoms. The normalized spacial score (nSPS) is 14.4. The van der Waals surface area contributed by atoms with E-state index in [2.05, 4.69) is 25.0 Å². The number of sulfonamides is 1. The fourth-order valence-electron chi connectivity index (χ4n) is 3.26. The van der Waals surface area contributed by atoms with Crippen molar-refractivity contribution in [1.29, 1.82) is 0 Å². The monoisotopic (exact) mass is 503 g/mol. The first-order chi connectivity index (χ1) is 16.4. The number of nitrogens with one attached hydrogen (secondary N) is 2. The number of hydrogen-bond acceptors (Lipinski definition) is 9. The maximum atomic E-state index is 13.1. The van der Waals surface area contributed by atoms with Crippen molar-refractivity contribution in [2.24, 2.45) is 0 Å². The lowest BCUT2D eigenvalue weighted by Gasteiger charge is -2.15. The van der Waals surface area contributed by atoms with E-state index in [1.807, 2.05) is 12.1 Å². The molecule has 180 valence electrons. The van der Waals surface area contributed by atoms with Crippen LogP contribution in [0.4, 0.5) is 10.8 Å². The van der Waals surface area contributed by atoms with Crippen LogP contribution in [-0.4, -0.2) is 55.4 Å². The molecule has 1 aliphatic rings. The van der Waals surface area contributed by atoms with Crippen molar-refractivity contribution >= 4 is 38.1 Å². The Bertz CT molecular complexity index is 1240. The van der Waals surface area contributed by atoms with Crippen molar-refractivity contribution in [2.45, 2.75) is 30.4 Å². The van der Waals surface area contributed by atoms with Gasteiger partial charge in [-0.15, -0.1) is 11.3 Å². The molecule has 2 N–H and O–H groups in total. The van der Waals surface area contributed by atoms with Crippen molar-refractivity contribution in [3.8, 4) is 17.1 Å². The van der Waals surface area contributed by atoms with E-state index in [-0.39, 0.29) is 16.3 Å². The molecule has 0 saturated heterocycles. The number of nitrogens with zero attached hydrogens (tertiary/aromatic N) is 3. The fourth-order valence-corrected chi connectivity index (χ4v) is 5.63. The predicted molar refractivity (Wildman–Crippen MR) is 130 cm³/mol. The van der Waals surface area contributed by atoms with E-state index < -0.39 is 15.9 Å². The van der Waals surface area contributed by atoms with Crippen LogP contribution in [0.2, 0.25) is 0 Å². The van der Waals surface area contributed by atoms with Gasteiger partial charge in [0, 0.05) is 30.3 Å². The molecule has 4 rings (SSSR count). The van der Waals surface area contributed by atoms with Crippen LogP contribution < -0.4 is 14.8 Å². The van der Waals surface area contributed by atoms with Crippen LogP contribution >= 0.6 is 11.3 Å². The van der Waals surface area contributed by atoms with Crippen LogP contribution in [0.15, 0.2) is 42.0 Å². The highest BCUT2D eigenvalue weighted by Crippen LogP contribution is 2.32. The van der Waals surface area contributed by atoms with Crippen LogP contribution in [0.25, 0.3) is 11.3 Å². The third-order valence-electron chi connectivity index (χ3n) is 5.27. The summed E-state index contributed by atoms with van der Waals surface area (Å²) in [6, 6.07) is 7.21. The van der Waals surface area contributed by atoms with Gasteiger partial charge in [0.05, 0.1) is 42.1 Å². The number of anilines is 2. The number of amides is 1. The van der Waals surface area contributed by atoms with Crippen LogP contribution in [0.5, 0.6) is 5.88 Å². The number of methoxy groups -OCH3 is 2. The smallest absolute Gasteiger partial charge is 0.237 e. The Kier molecular flexibility index (Phi) is 7.39. The Hall–Kier alpha value is -3.09. The molecule has 1 aromatic carbocycles. The van der Waals surface area contributed by atoms with Crippen LogP contribution in [0.3, 0.4) is 0 Å². The van der Waals surface area contributed by atoms with Gasteiger partial charge in [-0.1, -0.05) is 12.1 Å². The number of aromatic nitrogens is 3. The van der Waals surface area contributed by atoms with Crippen molar-refractivity contribution < 1.29 is 22.7 Å². The highest BCUT2D eigenvalue weighted by molar-refractivity contribution is 7.93. The second kappa shape index (κ2) is 10.5. The van der Waals surface area contributed by atoms with E-state index in [1.165, 1.54) is 13.3 Å². The standard InChI is InChI=1S/C22H25N5O5S2/c1-31-10-9-17(19-13-33-22(26-19)27-34(29,30)16-7-8-16)21(28)24-15-5-3-14(4-6-15)18-11-23-12-20(25-18)32-2/h3-6,11-13,16-17H,7-10H2,1-2H3,(H,24,28)(H,26,27). The lowest BCUT2D eigenvalue weighted by Crippen LogP contribution is -2.23. The topological polar surface area (TPSA) is 132 Å². The summed E-state index contributed by atoms with van der Waals surface area (Å²) in [5, 5.41) is 4.53. The minimum absolute atomic E-state index is 0.257. The van der Waals surface area contributed by atoms with Gasteiger partial charge in [0.2, 0.25) is 21.8 Å². The summed E-state index contributed by atoms with van der Waals surface area (Å²) in [7, 11) is -0.326. The van der Waals surface area contributed by atoms with Crippen LogP contribution in [0.1, 0.15) is 30.9 Å². The minimum Gasteiger partial charge on any atom is -0.480 e. The molecule has 3 aromatic rings. The molecule has 0 bridgehead atoms. The maximum absolute atomic E-state index is 13.1. The van der Waals surface area contributed by atoms with Gasteiger partial charge in [0.25, 0.3) is 0 Å². The number of hydrogen-bond donors (Lipinski definition) is 2. The van der Waals surface area contributed by atoms with Crippen LogP contribution in [-0.2, 0) is 19.6 Å². The summed E-state index contributed by atoms with van der Waals surface area (Å²) in [5.74, 6) is -0.440. The minimum atomic E-state index is -3.41. The predicted octanol–water partition coefficient (Wildman–Crippen LogP) is 3.27. The molecule has 0 radical (unpaired) electrons. The van der Waals surface area contributed by atoms with Gasteiger partial charge in [0.15, 0.2) is 5.13 Å². The number of rotatable bonds is 11. The fraction of sp³-hybridized carbons (Fsp3) is 0.364. The number of benzene rings is 1. The van der Waals surface area contributed by atoms with Gasteiger partial charge in [-0.2, -0.15) is 0 Å². The van der Waals surface area contributed by atoms with E-state index in [4.69, 9.17) is 9.47 Å². The van der Waals surface area contributed by atoms with Gasteiger partial charge < -0.3 is 14.8 Å². The first-order valence-corrected chi connectivity index (χ1v) is 13.1. The summed E-state index contributed by atoms with van der Waals surface area (Å²) in [4.78, 5) is 25.9. The summed E-state index contributed by atoms with van der Waals surface area (Å²) in [6.45, 7) is 0.353. The second-order valence-corrected chi connectivity index (χ2v) is 10.6. The zero-order valence-corrected chi connectivity index (χ0v) is 20.4. The van der Waals surface area contributed by atoms with E-state index in [0.717, 1.165) is 16.9 Å². The van der Waals surface area contributed by atoms with E-state index in [1.54, 1.807) is 30.8 Å². The number of thiazole rings is 1. The average Bonchev–Trinajstić information content (AvgIpc) is 3.61. The average molecular weight is 504 g/mol. The molecule has 1 unspecified atom stereocenters. The van der Waals surface area contributed by atoms with Crippen molar-refractivity contribution in [2.75, 3.05) is 30.9 Å². The molecule has 1 aliphatic carbocycles. The van der Waals surface area contributed by atoms with Crippen molar-refractivity contribution in [3.63, 3.8) is 0 Å². The lowest BCUT2D eigenvalue weighted by atomic mass is 10.0. The zero-order chi connectivity index (χ0) is 24.1. The molecule has 10 nitrogen and oxygen atoms in total. The van der Waals surface area contributed by atoms with Gasteiger partial charge in [-0.3, -0.25) is 14.5 Å². The third kappa shape index (κ3) is 5.88. The van der Waals surface area contributed by atoms with Crippen LogP contribution in [0, 0.1) is 0 Å². The molecule has 1 amide bonds. The van der Waals surface area contributed by atoms with Gasteiger partial charge in [0.1, 0.15) is 0 Å². The summed E-state index contributed by atoms with van der Waals surface area (Å²) in [5.41, 5.74) is 2.58. The summed E-state index contributed by atoms with van der Waals surface area (Å²) >= 11 is 1.16. The summed E-state index contributed by atoms with van der Waals surface area (Å²) in [6.07, 6.45) is 4.89. The van der Waals surface area contributed by atoms with E-state index in [9.17, 15) is 13.2 Å².